The second-order valence-electron chi connectivity index (χ2n) is 5.98. The van der Waals surface area contributed by atoms with Gasteiger partial charge in [0.15, 0.2) is 0 Å². The van der Waals surface area contributed by atoms with Crippen molar-refractivity contribution in [3.8, 4) is 5.75 Å². The Morgan fingerprint density at radius 1 is 0.944 bits per heavy atom. The Morgan fingerprint density at radius 3 is 1.89 bits per heavy atom. The molecule has 0 fully saturated rings. The molecule has 2 nitrogen and oxygen atoms in total. The SMILES string of the molecule is CC(C)CN(CC(C)C)C(C)c1ccccc1O. The number of para-hydroxylation sites is 1. The molecule has 0 spiro atoms. The molecular weight excluding hydrogens is 222 g/mol. The Labute approximate surface area is 112 Å². The van der Waals surface area contributed by atoms with Gasteiger partial charge in [-0.25, -0.2) is 0 Å². The van der Waals surface area contributed by atoms with E-state index in [1.807, 2.05) is 18.2 Å². The van der Waals surface area contributed by atoms with Gasteiger partial charge in [-0.05, 0) is 24.8 Å². The summed E-state index contributed by atoms with van der Waals surface area (Å²) in [6.07, 6.45) is 0. The first-order valence-electron chi connectivity index (χ1n) is 6.93. The Hall–Kier alpha value is -1.02. The molecule has 1 N–H and O–H groups in total. The number of hydrogen-bond acceptors (Lipinski definition) is 2. The number of nitrogens with zero attached hydrogens (tertiary/aromatic N) is 1. The lowest BCUT2D eigenvalue weighted by atomic mass is 10.0. The molecular formula is C16H27NO. The van der Waals surface area contributed by atoms with Crippen molar-refractivity contribution in [3.05, 3.63) is 29.8 Å². The van der Waals surface area contributed by atoms with Gasteiger partial charge < -0.3 is 5.11 Å². The monoisotopic (exact) mass is 249 g/mol. The third kappa shape index (κ3) is 4.34. The minimum absolute atomic E-state index is 0.260. The van der Waals surface area contributed by atoms with Crippen LogP contribution in [0.5, 0.6) is 5.75 Å². The van der Waals surface area contributed by atoms with Gasteiger partial charge in [-0.3, -0.25) is 4.90 Å². The predicted molar refractivity (Wildman–Crippen MR) is 77.8 cm³/mol. The Bertz CT molecular complexity index is 350. The molecule has 0 aliphatic carbocycles. The molecule has 0 aliphatic rings. The lowest BCUT2D eigenvalue weighted by molar-refractivity contribution is 0.165. The Morgan fingerprint density at radius 2 is 1.44 bits per heavy atom. The van der Waals surface area contributed by atoms with Crippen LogP contribution >= 0.6 is 0 Å². The van der Waals surface area contributed by atoms with Crippen molar-refractivity contribution >= 4 is 0 Å². The van der Waals surface area contributed by atoms with Crippen molar-refractivity contribution in [1.82, 2.24) is 4.90 Å². The van der Waals surface area contributed by atoms with Crippen LogP contribution in [0.15, 0.2) is 24.3 Å². The van der Waals surface area contributed by atoms with E-state index >= 15 is 0 Å². The molecule has 1 aromatic carbocycles. The summed E-state index contributed by atoms with van der Waals surface area (Å²) in [6.45, 7) is 13.3. The van der Waals surface area contributed by atoms with Gasteiger partial charge in [0.1, 0.15) is 5.75 Å². The summed E-state index contributed by atoms with van der Waals surface area (Å²) < 4.78 is 0. The van der Waals surface area contributed by atoms with Crippen LogP contribution in [0.2, 0.25) is 0 Å². The standard InChI is InChI=1S/C16H27NO/c1-12(2)10-17(11-13(3)4)14(5)15-8-6-7-9-16(15)18/h6-9,12-14,18H,10-11H2,1-5H3. The van der Waals surface area contributed by atoms with E-state index in [4.69, 9.17) is 0 Å². The number of phenolic OH excluding ortho intramolecular Hbond substituents is 1. The predicted octanol–water partition coefficient (Wildman–Crippen LogP) is 4.07. The molecule has 0 saturated heterocycles. The lowest BCUT2D eigenvalue weighted by Crippen LogP contribution is -2.33. The number of phenols is 1. The van der Waals surface area contributed by atoms with Crippen molar-refractivity contribution in [2.75, 3.05) is 13.1 Å². The largest absolute Gasteiger partial charge is 0.508 e. The van der Waals surface area contributed by atoms with Gasteiger partial charge in [-0.2, -0.15) is 0 Å². The van der Waals surface area contributed by atoms with Crippen LogP contribution in [0.1, 0.15) is 46.2 Å². The highest BCUT2D eigenvalue weighted by Gasteiger charge is 2.19. The topological polar surface area (TPSA) is 23.5 Å². The molecule has 2 heteroatoms. The summed E-state index contributed by atoms with van der Waals surface area (Å²) in [7, 11) is 0. The summed E-state index contributed by atoms with van der Waals surface area (Å²) in [4.78, 5) is 2.46. The Kier molecular flexibility index (Phi) is 5.67. The molecule has 102 valence electrons. The molecule has 0 heterocycles. The summed E-state index contributed by atoms with van der Waals surface area (Å²) in [5.41, 5.74) is 1.03. The van der Waals surface area contributed by atoms with E-state index < -0.39 is 0 Å². The molecule has 0 amide bonds. The first kappa shape index (κ1) is 15.0. The van der Waals surface area contributed by atoms with Crippen LogP contribution in [0.3, 0.4) is 0 Å². The maximum Gasteiger partial charge on any atom is 0.120 e. The fourth-order valence-corrected chi connectivity index (χ4v) is 2.37. The Balaban J connectivity index is 2.87. The number of aromatic hydroxyl groups is 1. The molecule has 0 aromatic heterocycles. The van der Waals surface area contributed by atoms with Crippen LogP contribution < -0.4 is 0 Å². The van der Waals surface area contributed by atoms with Gasteiger partial charge in [0, 0.05) is 24.7 Å². The van der Waals surface area contributed by atoms with E-state index in [2.05, 4.69) is 39.5 Å². The van der Waals surface area contributed by atoms with Crippen LogP contribution in [-0.2, 0) is 0 Å². The van der Waals surface area contributed by atoms with Gasteiger partial charge >= 0.3 is 0 Å². The second kappa shape index (κ2) is 6.79. The van der Waals surface area contributed by atoms with Gasteiger partial charge in [0.2, 0.25) is 0 Å². The average Bonchev–Trinajstić information content (AvgIpc) is 2.26. The molecule has 1 atom stereocenters. The highest BCUT2D eigenvalue weighted by Crippen LogP contribution is 2.29. The summed E-state index contributed by atoms with van der Waals surface area (Å²) in [5.74, 6) is 1.68. The number of rotatable bonds is 6. The maximum absolute atomic E-state index is 9.97. The summed E-state index contributed by atoms with van der Waals surface area (Å²) >= 11 is 0. The van der Waals surface area contributed by atoms with E-state index in [9.17, 15) is 5.11 Å². The van der Waals surface area contributed by atoms with E-state index in [1.165, 1.54) is 0 Å². The molecule has 18 heavy (non-hydrogen) atoms. The molecule has 1 unspecified atom stereocenters. The van der Waals surface area contributed by atoms with Gasteiger partial charge in [-0.1, -0.05) is 45.9 Å². The molecule has 1 rings (SSSR count). The van der Waals surface area contributed by atoms with Crippen LogP contribution in [-0.4, -0.2) is 23.1 Å². The zero-order chi connectivity index (χ0) is 13.7. The van der Waals surface area contributed by atoms with Gasteiger partial charge in [0.25, 0.3) is 0 Å². The van der Waals surface area contributed by atoms with Crippen molar-refractivity contribution < 1.29 is 5.11 Å². The molecule has 1 aromatic rings. The molecule has 0 aliphatic heterocycles. The fourth-order valence-electron chi connectivity index (χ4n) is 2.37. The van der Waals surface area contributed by atoms with Crippen LogP contribution in [0, 0.1) is 11.8 Å². The minimum Gasteiger partial charge on any atom is -0.508 e. The second-order valence-corrected chi connectivity index (χ2v) is 5.98. The zero-order valence-electron chi connectivity index (χ0n) is 12.4. The molecule has 0 saturated carbocycles. The van der Waals surface area contributed by atoms with E-state index in [0.717, 1.165) is 18.7 Å². The average molecular weight is 249 g/mol. The van der Waals surface area contributed by atoms with Crippen molar-refractivity contribution in [1.29, 1.82) is 0 Å². The zero-order valence-corrected chi connectivity index (χ0v) is 12.4. The van der Waals surface area contributed by atoms with Gasteiger partial charge in [0.05, 0.1) is 0 Å². The minimum atomic E-state index is 0.260. The van der Waals surface area contributed by atoms with Crippen LogP contribution in [0.4, 0.5) is 0 Å². The van der Waals surface area contributed by atoms with Crippen LogP contribution in [0.25, 0.3) is 0 Å². The first-order valence-corrected chi connectivity index (χ1v) is 6.93. The van der Waals surface area contributed by atoms with E-state index in [0.29, 0.717) is 17.6 Å². The highest BCUT2D eigenvalue weighted by molar-refractivity contribution is 5.34. The smallest absolute Gasteiger partial charge is 0.120 e. The van der Waals surface area contributed by atoms with Gasteiger partial charge in [-0.15, -0.1) is 0 Å². The molecule has 0 bridgehead atoms. The molecule has 0 radical (unpaired) electrons. The highest BCUT2D eigenvalue weighted by atomic mass is 16.3. The fraction of sp³-hybridized carbons (Fsp3) is 0.625. The third-order valence-electron chi connectivity index (χ3n) is 3.13. The first-order chi connectivity index (χ1) is 8.41. The van der Waals surface area contributed by atoms with Crippen molar-refractivity contribution in [3.63, 3.8) is 0 Å². The third-order valence-corrected chi connectivity index (χ3v) is 3.13. The normalized spacial score (nSPS) is 13.6. The van der Waals surface area contributed by atoms with E-state index in [1.54, 1.807) is 6.07 Å². The number of hydrogen-bond donors (Lipinski definition) is 1. The maximum atomic E-state index is 9.97. The van der Waals surface area contributed by atoms with Crippen molar-refractivity contribution in [2.45, 2.75) is 40.7 Å². The lowest BCUT2D eigenvalue weighted by Gasteiger charge is -2.32. The van der Waals surface area contributed by atoms with E-state index in [-0.39, 0.29) is 6.04 Å². The summed E-state index contributed by atoms with van der Waals surface area (Å²) in [6, 6.07) is 7.92. The quantitative estimate of drug-likeness (QED) is 0.821. The van der Waals surface area contributed by atoms with Crippen molar-refractivity contribution in [2.24, 2.45) is 11.8 Å². The summed E-state index contributed by atoms with van der Waals surface area (Å²) in [5, 5.41) is 9.97. The number of benzene rings is 1.